The number of aromatic nitrogens is 1. The molecule has 1 aromatic rings. The van der Waals surface area contributed by atoms with E-state index in [0.717, 1.165) is 26.2 Å². The van der Waals surface area contributed by atoms with E-state index < -0.39 is 5.95 Å². The molecule has 3 rings (SSSR count). The van der Waals surface area contributed by atoms with Crippen LogP contribution in [-0.4, -0.2) is 55.3 Å². The third kappa shape index (κ3) is 2.00. The SMILES string of the molecule is CN1CCOC2CN(c3cccc(F)n3)CC21. The van der Waals surface area contributed by atoms with Crippen molar-refractivity contribution in [3.05, 3.63) is 24.1 Å². The van der Waals surface area contributed by atoms with Gasteiger partial charge in [-0.2, -0.15) is 4.39 Å². The van der Waals surface area contributed by atoms with Gasteiger partial charge in [0.2, 0.25) is 5.95 Å². The molecular formula is C12H16FN3O. The van der Waals surface area contributed by atoms with Crippen LogP contribution < -0.4 is 4.90 Å². The Morgan fingerprint density at radius 1 is 1.41 bits per heavy atom. The Labute approximate surface area is 100.0 Å². The second kappa shape index (κ2) is 4.23. The molecule has 0 amide bonds. The molecule has 2 unspecified atom stereocenters. The Hall–Kier alpha value is -1.20. The molecule has 1 aromatic heterocycles. The third-order valence-electron chi connectivity index (χ3n) is 3.60. The molecule has 2 atom stereocenters. The summed E-state index contributed by atoms with van der Waals surface area (Å²) in [6, 6.07) is 5.31. The van der Waals surface area contributed by atoms with Crippen molar-refractivity contribution < 1.29 is 9.13 Å². The number of rotatable bonds is 1. The molecule has 2 fully saturated rings. The van der Waals surface area contributed by atoms with E-state index in [1.54, 1.807) is 6.07 Å². The number of halogens is 1. The van der Waals surface area contributed by atoms with E-state index in [1.807, 2.05) is 6.07 Å². The summed E-state index contributed by atoms with van der Waals surface area (Å²) in [4.78, 5) is 8.33. The molecule has 0 saturated carbocycles. The standard InChI is InChI=1S/C12H16FN3O/c1-15-5-6-17-10-8-16(7-9(10)15)12-4-2-3-11(13)14-12/h2-4,9-10H,5-8H2,1H3. The van der Waals surface area contributed by atoms with Gasteiger partial charge in [0.15, 0.2) is 0 Å². The van der Waals surface area contributed by atoms with E-state index in [0.29, 0.717) is 11.9 Å². The fraction of sp³-hybridized carbons (Fsp3) is 0.583. The van der Waals surface area contributed by atoms with Gasteiger partial charge in [0.1, 0.15) is 5.82 Å². The van der Waals surface area contributed by atoms with Gasteiger partial charge in [-0.1, -0.05) is 6.07 Å². The van der Waals surface area contributed by atoms with E-state index in [1.165, 1.54) is 6.07 Å². The van der Waals surface area contributed by atoms with E-state index >= 15 is 0 Å². The average Bonchev–Trinajstić information content (AvgIpc) is 2.74. The van der Waals surface area contributed by atoms with Crippen LogP contribution in [0.1, 0.15) is 0 Å². The summed E-state index contributed by atoms with van der Waals surface area (Å²) in [6.45, 7) is 3.40. The normalized spacial score (nSPS) is 29.4. The molecule has 5 heteroatoms. The summed E-state index contributed by atoms with van der Waals surface area (Å²) >= 11 is 0. The maximum atomic E-state index is 13.1. The molecule has 0 spiro atoms. The fourth-order valence-corrected chi connectivity index (χ4v) is 2.62. The number of anilines is 1. The highest BCUT2D eigenvalue weighted by Gasteiger charge is 2.38. The fourth-order valence-electron chi connectivity index (χ4n) is 2.62. The van der Waals surface area contributed by atoms with Crippen molar-refractivity contribution in [1.29, 1.82) is 0 Å². The van der Waals surface area contributed by atoms with Crippen molar-refractivity contribution in [2.75, 3.05) is 38.2 Å². The van der Waals surface area contributed by atoms with Crippen molar-refractivity contribution in [2.24, 2.45) is 0 Å². The highest BCUT2D eigenvalue weighted by molar-refractivity contribution is 5.40. The molecule has 0 bridgehead atoms. The number of likely N-dealkylation sites (N-methyl/N-ethyl adjacent to an activating group) is 1. The van der Waals surface area contributed by atoms with Crippen LogP contribution in [0.4, 0.5) is 10.2 Å². The number of morpholine rings is 1. The predicted molar refractivity (Wildman–Crippen MR) is 62.6 cm³/mol. The minimum atomic E-state index is -0.424. The first-order valence-electron chi connectivity index (χ1n) is 5.93. The predicted octanol–water partition coefficient (Wildman–Crippen LogP) is 0.740. The molecule has 2 saturated heterocycles. The van der Waals surface area contributed by atoms with Crippen molar-refractivity contribution in [1.82, 2.24) is 9.88 Å². The molecule has 0 radical (unpaired) electrons. The number of fused-ring (bicyclic) bond motifs is 1. The minimum absolute atomic E-state index is 0.221. The number of pyridine rings is 1. The first-order chi connectivity index (χ1) is 8.24. The van der Waals surface area contributed by atoms with Gasteiger partial charge in [0.25, 0.3) is 0 Å². The smallest absolute Gasteiger partial charge is 0.214 e. The zero-order valence-electron chi connectivity index (χ0n) is 9.84. The summed E-state index contributed by atoms with van der Waals surface area (Å²) in [5, 5.41) is 0. The summed E-state index contributed by atoms with van der Waals surface area (Å²) in [5.74, 6) is 0.281. The van der Waals surface area contributed by atoms with Gasteiger partial charge in [0.05, 0.1) is 18.8 Å². The largest absolute Gasteiger partial charge is 0.373 e. The highest BCUT2D eigenvalue weighted by atomic mass is 19.1. The number of nitrogens with zero attached hydrogens (tertiary/aromatic N) is 3. The topological polar surface area (TPSA) is 28.6 Å². The molecule has 2 aliphatic heterocycles. The average molecular weight is 237 g/mol. The molecule has 2 aliphatic rings. The van der Waals surface area contributed by atoms with Crippen molar-refractivity contribution in [2.45, 2.75) is 12.1 Å². The van der Waals surface area contributed by atoms with Crippen molar-refractivity contribution in [3.8, 4) is 0 Å². The second-order valence-corrected chi connectivity index (χ2v) is 4.68. The zero-order valence-corrected chi connectivity index (χ0v) is 9.84. The molecule has 17 heavy (non-hydrogen) atoms. The van der Waals surface area contributed by atoms with Crippen LogP contribution in [0, 0.1) is 5.95 Å². The molecule has 0 aliphatic carbocycles. The molecule has 3 heterocycles. The quantitative estimate of drug-likeness (QED) is 0.674. The Morgan fingerprint density at radius 3 is 3.06 bits per heavy atom. The number of hydrogen-bond donors (Lipinski definition) is 0. The van der Waals surface area contributed by atoms with Crippen LogP contribution in [0.5, 0.6) is 0 Å². The van der Waals surface area contributed by atoms with E-state index in [9.17, 15) is 4.39 Å². The maximum Gasteiger partial charge on any atom is 0.214 e. The van der Waals surface area contributed by atoms with E-state index in [-0.39, 0.29) is 6.10 Å². The Bertz CT molecular complexity index is 414. The summed E-state index contributed by atoms with van der Waals surface area (Å²) in [5.41, 5.74) is 0. The van der Waals surface area contributed by atoms with Crippen LogP contribution in [0.2, 0.25) is 0 Å². The van der Waals surface area contributed by atoms with Crippen molar-refractivity contribution >= 4 is 5.82 Å². The van der Waals surface area contributed by atoms with Crippen molar-refractivity contribution in [3.63, 3.8) is 0 Å². The number of ether oxygens (including phenoxy) is 1. The van der Waals surface area contributed by atoms with Gasteiger partial charge in [-0.05, 0) is 19.2 Å². The molecule has 4 nitrogen and oxygen atoms in total. The van der Waals surface area contributed by atoms with Gasteiger partial charge in [-0.15, -0.1) is 0 Å². The Kier molecular flexibility index (Phi) is 2.72. The second-order valence-electron chi connectivity index (χ2n) is 4.68. The lowest BCUT2D eigenvalue weighted by Crippen LogP contribution is -2.48. The Balaban J connectivity index is 1.79. The minimum Gasteiger partial charge on any atom is -0.373 e. The molecule has 92 valence electrons. The van der Waals surface area contributed by atoms with Crippen LogP contribution in [0.25, 0.3) is 0 Å². The lowest BCUT2D eigenvalue weighted by atomic mass is 10.1. The van der Waals surface area contributed by atoms with Crippen LogP contribution in [0.15, 0.2) is 18.2 Å². The molecule has 0 N–H and O–H groups in total. The summed E-state index contributed by atoms with van der Waals surface area (Å²) in [6.07, 6.45) is 0.221. The lowest BCUT2D eigenvalue weighted by molar-refractivity contribution is -0.0362. The van der Waals surface area contributed by atoms with Gasteiger partial charge < -0.3 is 9.64 Å². The number of hydrogen-bond acceptors (Lipinski definition) is 4. The van der Waals surface area contributed by atoms with Crippen LogP contribution in [-0.2, 0) is 4.74 Å². The van der Waals surface area contributed by atoms with Crippen LogP contribution in [0.3, 0.4) is 0 Å². The molecular weight excluding hydrogens is 221 g/mol. The first-order valence-corrected chi connectivity index (χ1v) is 5.93. The maximum absolute atomic E-state index is 13.1. The van der Waals surface area contributed by atoms with Gasteiger partial charge in [-0.25, -0.2) is 4.98 Å². The van der Waals surface area contributed by atoms with Gasteiger partial charge >= 0.3 is 0 Å². The third-order valence-corrected chi connectivity index (χ3v) is 3.60. The summed E-state index contributed by atoms with van der Waals surface area (Å²) < 4.78 is 18.8. The van der Waals surface area contributed by atoms with E-state index in [2.05, 4.69) is 21.8 Å². The monoisotopic (exact) mass is 237 g/mol. The first kappa shape index (κ1) is 10.9. The zero-order chi connectivity index (χ0) is 11.8. The highest BCUT2D eigenvalue weighted by Crippen LogP contribution is 2.25. The molecule has 0 aromatic carbocycles. The van der Waals surface area contributed by atoms with Crippen LogP contribution >= 0.6 is 0 Å². The van der Waals surface area contributed by atoms with Gasteiger partial charge in [-0.3, -0.25) is 4.90 Å². The van der Waals surface area contributed by atoms with E-state index in [4.69, 9.17) is 4.74 Å². The Morgan fingerprint density at radius 2 is 2.29 bits per heavy atom. The summed E-state index contributed by atoms with van der Waals surface area (Å²) in [7, 11) is 2.11. The van der Waals surface area contributed by atoms with Gasteiger partial charge in [0, 0.05) is 19.6 Å². The lowest BCUT2D eigenvalue weighted by Gasteiger charge is -2.33.